The van der Waals surface area contributed by atoms with Crippen LogP contribution in [0.4, 0.5) is 5.69 Å². The Morgan fingerprint density at radius 2 is 2.00 bits per heavy atom. The number of carboxylic acids is 1. The van der Waals surface area contributed by atoms with Crippen LogP contribution < -0.4 is 4.90 Å². The minimum Gasteiger partial charge on any atom is -0.481 e. The molecular weight excluding hydrogens is 270 g/mol. The van der Waals surface area contributed by atoms with Gasteiger partial charge in [0.25, 0.3) is 0 Å². The molecular formula is C16H21NO4. The summed E-state index contributed by atoms with van der Waals surface area (Å²) in [7, 11) is 0. The number of rotatable bonds is 8. The number of esters is 1. The molecule has 0 aliphatic heterocycles. The maximum Gasteiger partial charge on any atom is 0.338 e. The quantitative estimate of drug-likeness (QED) is 0.589. The van der Waals surface area contributed by atoms with Crippen LogP contribution in [0.1, 0.15) is 24.2 Å². The summed E-state index contributed by atoms with van der Waals surface area (Å²) in [5, 5.41) is 9.01. The van der Waals surface area contributed by atoms with Gasteiger partial charge in [-0.2, -0.15) is 0 Å². The molecule has 1 unspecified atom stereocenters. The Morgan fingerprint density at radius 1 is 1.38 bits per heavy atom. The SMILES string of the molecule is C=CCN(CC(C)C(=O)O)c1ccc(C(=O)OCC)cc1. The van der Waals surface area contributed by atoms with Gasteiger partial charge in [0.1, 0.15) is 0 Å². The van der Waals surface area contributed by atoms with Gasteiger partial charge in [-0.25, -0.2) is 4.79 Å². The second-order valence-corrected chi connectivity index (χ2v) is 4.70. The van der Waals surface area contributed by atoms with Gasteiger partial charge in [0.2, 0.25) is 0 Å². The standard InChI is InChI=1S/C16H21NO4/c1-4-10-17(11-12(3)15(18)19)14-8-6-13(7-9-14)16(20)21-5-2/h4,6-9,12H,1,5,10-11H2,2-3H3,(H,18,19). The molecule has 0 spiro atoms. The van der Waals surface area contributed by atoms with E-state index in [1.54, 1.807) is 44.2 Å². The van der Waals surface area contributed by atoms with E-state index in [2.05, 4.69) is 6.58 Å². The van der Waals surface area contributed by atoms with E-state index in [-0.39, 0.29) is 5.97 Å². The average molecular weight is 291 g/mol. The number of carboxylic acid groups (broad SMARTS) is 1. The number of carbonyl (C=O) groups is 2. The Balaban J connectivity index is 2.86. The molecule has 0 aliphatic carbocycles. The van der Waals surface area contributed by atoms with Gasteiger partial charge in [-0.3, -0.25) is 4.79 Å². The van der Waals surface area contributed by atoms with E-state index >= 15 is 0 Å². The van der Waals surface area contributed by atoms with Gasteiger partial charge >= 0.3 is 11.9 Å². The van der Waals surface area contributed by atoms with Gasteiger partial charge in [0, 0.05) is 18.8 Å². The van der Waals surface area contributed by atoms with Crippen molar-refractivity contribution in [2.24, 2.45) is 5.92 Å². The summed E-state index contributed by atoms with van der Waals surface area (Å²) in [4.78, 5) is 24.5. The molecule has 0 saturated heterocycles. The molecule has 1 atom stereocenters. The summed E-state index contributed by atoms with van der Waals surface area (Å²) in [6.45, 7) is 8.34. The van der Waals surface area contributed by atoms with E-state index in [1.165, 1.54) is 0 Å². The lowest BCUT2D eigenvalue weighted by Crippen LogP contribution is -2.32. The number of benzene rings is 1. The lowest BCUT2D eigenvalue weighted by atomic mass is 10.1. The third-order valence-electron chi connectivity index (χ3n) is 3.01. The normalized spacial score (nSPS) is 11.5. The van der Waals surface area contributed by atoms with Crippen molar-refractivity contribution in [2.75, 3.05) is 24.6 Å². The highest BCUT2D eigenvalue weighted by atomic mass is 16.5. The zero-order chi connectivity index (χ0) is 15.8. The van der Waals surface area contributed by atoms with Gasteiger partial charge in [0.15, 0.2) is 0 Å². The lowest BCUT2D eigenvalue weighted by Gasteiger charge is -2.25. The first-order valence-electron chi connectivity index (χ1n) is 6.85. The summed E-state index contributed by atoms with van der Waals surface area (Å²) in [5.74, 6) is -1.69. The second-order valence-electron chi connectivity index (χ2n) is 4.70. The monoisotopic (exact) mass is 291 g/mol. The minimum atomic E-state index is -0.841. The number of anilines is 1. The van der Waals surface area contributed by atoms with Crippen LogP contribution >= 0.6 is 0 Å². The van der Waals surface area contributed by atoms with Crippen LogP contribution in [-0.4, -0.2) is 36.7 Å². The average Bonchev–Trinajstić information content (AvgIpc) is 2.47. The molecule has 0 bridgehead atoms. The summed E-state index contributed by atoms with van der Waals surface area (Å²) >= 11 is 0. The van der Waals surface area contributed by atoms with Crippen LogP contribution in [0.2, 0.25) is 0 Å². The first-order valence-corrected chi connectivity index (χ1v) is 6.85. The minimum absolute atomic E-state index is 0.333. The van der Waals surface area contributed by atoms with E-state index in [9.17, 15) is 9.59 Å². The molecule has 21 heavy (non-hydrogen) atoms. The number of hydrogen-bond acceptors (Lipinski definition) is 4. The fourth-order valence-electron chi connectivity index (χ4n) is 1.87. The summed E-state index contributed by atoms with van der Waals surface area (Å²) in [5.41, 5.74) is 1.32. The van der Waals surface area contributed by atoms with Crippen molar-refractivity contribution in [3.05, 3.63) is 42.5 Å². The fourth-order valence-corrected chi connectivity index (χ4v) is 1.87. The highest BCUT2D eigenvalue weighted by molar-refractivity contribution is 5.89. The van der Waals surface area contributed by atoms with Crippen molar-refractivity contribution in [1.29, 1.82) is 0 Å². The molecule has 0 aromatic heterocycles. The van der Waals surface area contributed by atoms with Crippen molar-refractivity contribution in [2.45, 2.75) is 13.8 Å². The van der Waals surface area contributed by atoms with Gasteiger partial charge in [-0.05, 0) is 31.2 Å². The third-order valence-corrected chi connectivity index (χ3v) is 3.01. The molecule has 1 aromatic carbocycles. The molecule has 0 radical (unpaired) electrons. The van der Waals surface area contributed by atoms with E-state index in [4.69, 9.17) is 9.84 Å². The van der Waals surface area contributed by atoms with Gasteiger partial charge in [0.05, 0.1) is 18.1 Å². The van der Waals surface area contributed by atoms with Gasteiger partial charge in [-0.15, -0.1) is 6.58 Å². The van der Waals surface area contributed by atoms with Gasteiger partial charge < -0.3 is 14.7 Å². The van der Waals surface area contributed by atoms with Crippen LogP contribution in [0.5, 0.6) is 0 Å². The van der Waals surface area contributed by atoms with Crippen molar-refractivity contribution >= 4 is 17.6 Å². The maximum atomic E-state index is 11.6. The van der Waals surface area contributed by atoms with Crippen LogP contribution in [0, 0.1) is 5.92 Å². The summed E-state index contributed by atoms with van der Waals surface area (Å²) in [6.07, 6.45) is 1.72. The number of hydrogen-bond donors (Lipinski definition) is 1. The largest absolute Gasteiger partial charge is 0.481 e. The zero-order valence-electron chi connectivity index (χ0n) is 12.4. The molecule has 0 heterocycles. The molecule has 114 valence electrons. The molecule has 1 N–H and O–H groups in total. The topological polar surface area (TPSA) is 66.8 Å². The highest BCUT2D eigenvalue weighted by Gasteiger charge is 2.16. The van der Waals surface area contributed by atoms with E-state index < -0.39 is 11.9 Å². The Kier molecular flexibility index (Phi) is 6.46. The van der Waals surface area contributed by atoms with Crippen LogP contribution in [0.3, 0.4) is 0 Å². The van der Waals surface area contributed by atoms with E-state index in [1.807, 2.05) is 4.90 Å². The summed E-state index contributed by atoms with van der Waals surface area (Å²) in [6, 6.07) is 6.92. The predicted octanol–water partition coefficient (Wildman–Crippen LogP) is 2.58. The molecule has 0 amide bonds. The number of aliphatic carboxylic acids is 1. The Hall–Kier alpha value is -2.30. The molecule has 0 aliphatic rings. The molecule has 0 saturated carbocycles. The van der Waals surface area contributed by atoms with Crippen LogP contribution in [-0.2, 0) is 9.53 Å². The molecule has 5 heteroatoms. The smallest absolute Gasteiger partial charge is 0.338 e. The van der Waals surface area contributed by atoms with Crippen molar-refractivity contribution < 1.29 is 19.4 Å². The number of ether oxygens (including phenoxy) is 1. The van der Waals surface area contributed by atoms with E-state index in [0.29, 0.717) is 25.3 Å². The Labute approximate surface area is 124 Å². The lowest BCUT2D eigenvalue weighted by molar-refractivity contribution is -0.140. The fraction of sp³-hybridized carbons (Fsp3) is 0.375. The van der Waals surface area contributed by atoms with Crippen molar-refractivity contribution in [3.63, 3.8) is 0 Å². The first kappa shape index (κ1) is 16.8. The molecule has 5 nitrogen and oxygen atoms in total. The van der Waals surface area contributed by atoms with E-state index in [0.717, 1.165) is 5.69 Å². The van der Waals surface area contributed by atoms with Crippen LogP contribution in [0.25, 0.3) is 0 Å². The Bertz CT molecular complexity index is 496. The van der Waals surface area contributed by atoms with Crippen LogP contribution in [0.15, 0.2) is 36.9 Å². The first-order chi connectivity index (χ1) is 9.99. The zero-order valence-corrected chi connectivity index (χ0v) is 12.4. The molecule has 0 fully saturated rings. The number of carbonyl (C=O) groups excluding carboxylic acids is 1. The molecule has 1 rings (SSSR count). The van der Waals surface area contributed by atoms with Gasteiger partial charge in [-0.1, -0.05) is 13.0 Å². The predicted molar refractivity (Wildman–Crippen MR) is 81.6 cm³/mol. The van der Waals surface area contributed by atoms with Crippen molar-refractivity contribution in [1.82, 2.24) is 0 Å². The second kappa shape index (κ2) is 8.09. The van der Waals surface area contributed by atoms with Crippen molar-refractivity contribution in [3.8, 4) is 0 Å². The highest BCUT2D eigenvalue weighted by Crippen LogP contribution is 2.17. The molecule has 1 aromatic rings. The summed E-state index contributed by atoms with van der Waals surface area (Å²) < 4.78 is 4.93. The maximum absolute atomic E-state index is 11.6. The number of nitrogens with zero attached hydrogens (tertiary/aromatic N) is 1. The Morgan fingerprint density at radius 3 is 2.48 bits per heavy atom. The third kappa shape index (κ3) is 4.95.